The maximum Gasteiger partial charge on any atom is 0.163 e. The standard InChI is InChI=1S/C13H16N2O3/c1-15-12(11(17-2)8-14-15)13(16)6-3-4-10-9(13)5-7-18-10/h5,7-8,16H,3-4,6H2,1-2H3. The minimum atomic E-state index is -1.07. The van der Waals surface area contributed by atoms with Crippen molar-refractivity contribution in [3.63, 3.8) is 0 Å². The molecule has 18 heavy (non-hydrogen) atoms. The van der Waals surface area contributed by atoms with Crippen molar-refractivity contribution in [2.24, 2.45) is 7.05 Å². The van der Waals surface area contributed by atoms with E-state index in [2.05, 4.69) is 5.10 Å². The molecule has 96 valence electrons. The van der Waals surface area contributed by atoms with Gasteiger partial charge in [-0.05, 0) is 18.9 Å². The summed E-state index contributed by atoms with van der Waals surface area (Å²) in [6.45, 7) is 0. The molecule has 0 aromatic carbocycles. The lowest BCUT2D eigenvalue weighted by atomic mass is 9.80. The van der Waals surface area contributed by atoms with Crippen LogP contribution in [-0.4, -0.2) is 22.0 Å². The fraction of sp³-hybridized carbons (Fsp3) is 0.462. The average Bonchev–Trinajstić information content (AvgIpc) is 2.96. The van der Waals surface area contributed by atoms with Gasteiger partial charge in [0.15, 0.2) is 5.75 Å². The largest absolute Gasteiger partial charge is 0.493 e. The van der Waals surface area contributed by atoms with Crippen molar-refractivity contribution < 1.29 is 14.3 Å². The molecule has 3 rings (SSSR count). The van der Waals surface area contributed by atoms with Crippen LogP contribution < -0.4 is 4.74 Å². The first kappa shape index (κ1) is 11.3. The molecule has 5 heteroatoms. The number of rotatable bonds is 2. The second-order valence-electron chi connectivity index (χ2n) is 4.66. The van der Waals surface area contributed by atoms with Gasteiger partial charge < -0.3 is 14.3 Å². The van der Waals surface area contributed by atoms with E-state index in [-0.39, 0.29) is 0 Å². The van der Waals surface area contributed by atoms with Gasteiger partial charge in [0.25, 0.3) is 0 Å². The molecule has 1 unspecified atom stereocenters. The van der Waals surface area contributed by atoms with E-state index in [0.29, 0.717) is 17.9 Å². The Bertz CT molecular complexity index is 573. The molecular weight excluding hydrogens is 232 g/mol. The van der Waals surface area contributed by atoms with Crippen LogP contribution in [0.3, 0.4) is 0 Å². The monoisotopic (exact) mass is 248 g/mol. The van der Waals surface area contributed by atoms with Crippen molar-refractivity contribution in [1.29, 1.82) is 0 Å². The SMILES string of the molecule is COc1cnn(C)c1C1(O)CCCc2occc21. The van der Waals surface area contributed by atoms with E-state index < -0.39 is 5.60 Å². The third kappa shape index (κ3) is 1.40. The van der Waals surface area contributed by atoms with E-state index >= 15 is 0 Å². The number of methoxy groups -OCH3 is 1. The maximum atomic E-state index is 11.1. The van der Waals surface area contributed by atoms with Crippen molar-refractivity contribution in [2.75, 3.05) is 7.11 Å². The molecule has 2 aromatic heterocycles. The molecule has 2 aromatic rings. The molecule has 1 aliphatic rings. The molecule has 0 aliphatic heterocycles. The molecule has 0 saturated carbocycles. The number of aromatic nitrogens is 2. The highest BCUT2D eigenvalue weighted by Gasteiger charge is 2.42. The minimum Gasteiger partial charge on any atom is -0.493 e. The van der Waals surface area contributed by atoms with Gasteiger partial charge in [0.2, 0.25) is 0 Å². The maximum absolute atomic E-state index is 11.1. The van der Waals surface area contributed by atoms with Crippen LogP contribution in [-0.2, 0) is 19.1 Å². The molecule has 0 fully saturated rings. The highest BCUT2D eigenvalue weighted by molar-refractivity contribution is 5.42. The van der Waals surface area contributed by atoms with Crippen LogP contribution in [0.15, 0.2) is 22.9 Å². The van der Waals surface area contributed by atoms with Gasteiger partial charge in [0.1, 0.15) is 17.1 Å². The predicted octanol–water partition coefficient (Wildman–Crippen LogP) is 1.59. The summed E-state index contributed by atoms with van der Waals surface area (Å²) >= 11 is 0. The summed E-state index contributed by atoms with van der Waals surface area (Å²) in [6, 6.07) is 1.83. The number of fused-ring (bicyclic) bond motifs is 1. The van der Waals surface area contributed by atoms with Crippen molar-refractivity contribution in [1.82, 2.24) is 9.78 Å². The smallest absolute Gasteiger partial charge is 0.163 e. The number of furan rings is 1. The molecule has 0 radical (unpaired) electrons. The number of ether oxygens (including phenoxy) is 1. The molecule has 1 aliphatic carbocycles. The number of nitrogens with zero attached hydrogens (tertiary/aromatic N) is 2. The zero-order chi connectivity index (χ0) is 12.8. The van der Waals surface area contributed by atoms with Gasteiger partial charge in [0, 0.05) is 19.0 Å². The summed E-state index contributed by atoms with van der Waals surface area (Å²) in [5.74, 6) is 1.46. The molecule has 0 spiro atoms. The fourth-order valence-electron chi connectivity index (χ4n) is 2.83. The molecule has 1 N–H and O–H groups in total. The van der Waals surface area contributed by atoms with Crippen molar-refractivity contribution in [3.05, 3.63) is 35.5 Å². The third-order valence-electron chi connectivity index (χ3n) is 3.65. The predicted molar refractivity (Wildman–Crippen MR) is 64.4 cm³/mol. The van der Waals surface area contributed by atoms with Gasteiger partial charge in [-0.25, -0.2) is 0 Å². The van der Waals surface area contributed by atoms with Crippen LogP contribution in [0.1, 0.15) is 29.9 Å². The topological polar surface area (TPSA) is 60.4 Å². The Labute approximate surface area is 105 Å². The minimum absolute atomic E-state index is 0.606. The number of aliphatic hydroxyl groups is 1. The molecule has 0 bridgehead atoms. The van der Waals surface area contributed by atoms with E-state index in [4.69, 9.17) is 9.15 Å². The molecule has 0 amide bonds. The van der Waals surface area contributed by atoms with Crippen LogP contribution in [0.2, 0.25) is 0 Å². The normalized spacial score (nSPS) is 22.8. The highest BCUT2D eigenvalue weighted by atomic mass is 16.5. The van der Waals surface area contributed by atoms with Crippen LogP contribution >= 0.6 is 0 Å². The Morgan fingerprint density at radius 3 is 3.17 bits per heavy atom. The lowest BCUT2D eigenvalue weighted by molar-refractivity contribution is 0.0482. The summed E-state index contributed by atoms with van der Waals surface area (Å²) in [5.41, 5.74) is 0.444. The second-order valence-corrected chi connectivity index (χ2v) is 4.66. The summed E-state index contributed by atoms with van der Waals surface area (Å²) < 4.78 is 12.4. The Morgan fingerprint density at radius 1 is 1.56 bits per heavy atom. The van der Waals surface area contributed by atoms with Gasteiger partial charge >= 0.3 is 0 Å². The zero-order valence-corrected chi connectivity index (χ0v) is 10.5. The summed E-state index contributed by atoms with van der Waals surface area (Å²) in [4.78, 5) is 0. The quantitative estimate of drug-likeness (QED) is 0.876. The molecule has 2 heterocycles. The third-order valence-corrected chi connectivity index (χ3v) is 3.65. The van der Waals surface area contributed by atoms with Gasteiger partial charge in [-0.15, -0.1) is 0 Å². The number of aryl methyl sites for hydroxylation is 2. The Morgan fingerprint density at radius 2 is 2.39 bits per heavy atom. The van der Waals surface area contributed by atoms with Crippen LogP contribution in [0.4, 0.5) is 0 Å². The summed E-state index contributed by atoms with van der Waals surface area (Å²) in [7, 11) is 3.40. The Balaban J connectivity index is 2.20. The molecule has 1 atom stereocenters. The highest BCUT2D eigenvalue weighted by Crippen LogP contribution is 2.43. The van der Waals surface area contributed by atoms with E-state index in [1.165, 1.54) is 0 Å². The van der Waals surface area contributed by atoms with E-state index in [1.807, 2.05) is 13.1 Å². The molecule has 0 saturated heterocycles. The molecule has 5 nitrogen and oxygen atoms in total. The first-order valence-corrected chi connectivity index (χ1v) is 6.02. The van der Waals surface area contributed by atoms with Crippen molar-refractivity contribution >= 4 is 0 Å². The summed E-state index contributed by atoms with van der Waals surface area (Å²) in [6.07, 6.45) is 5.65. The lowest BCUT2D eigenvalue weighted by Crippen LogP contribution is -2.33. The van der Waals surface area contributed by atoms with E-state index in [9.17, 15) is 5.11 Å². The van der Waals surface area contributed by atoms with Crippen LogP contribution in [0, 0.1) is 0 Å². The van der Waals surface area contributed by atoms with Crippen molar-refractivity contribution in [2.45, 2.75) is 24.9 Å². The summed E-state index contributed by atoms with van der Waals surface area (Å²) in [5, 5.41) is 15.2. The van der Waals surface area contributed by atoms with Gasteiger partial charge in [0.05, 0.1) is 19.6 Å². The first-order valence-electron chi connectivity index (χ1n) is 6.02. The van der Waals surface area contributed by atoms with Gasteiger partial charge in [-0.3, -0.25) is 4.68 Å². The first-order chi connectivity index (χ1) is 8.66. The van der Waals surface area contributed by atoms with Crippen LogP contribution in [0.5, 0.6) is 5.75 Å². The average molecular weight is 248 g/mol. The zero-order valence-electron chi connectivity index (χ0n) is 10.5. The fourth-order valence-corrected chi connectivity index (χ4v) is 2.83. The van der Waals surface area contributed by atoms with Gasteiger partial charge in [-0.2, -0.15) is 5.10 Å². The molecular formula is C13H16N2O3. The van der Waals surface area contributed by atoms with E-state index in [1.54, 1.807) is 24.3 Å². The Kier molecular flexibility index (Phi) is 2.45. The number of hydrogen-bond acceptors (Lipinski definition) is 4. The van der Waals surface area contributed by atoms with Crippen molar-refractivity contribution in [3.8, 4) is 5.75 Å². The van der Waals surface area contributed by atoms with Crippen LogP contribution in [0.25, 0.3) is 0 Å². The second kappa shape index (κ2) is 3.88. The number of hydrogen-bond donors (Lipinski definition) is 1. The Hall–Kier alpha value is -1.75. The lowest BCUT2D eigenvalue weighted by Gasteiger charge is -2.32. The van der Waals surface area contributed by atoms with Gasteiger partial charge in [-0.1, -0.05) is 0 Å². The van der Waals surface area contributed by atoms with E-state index in [0.717, 1.165) is 24.2 Å².